The van der Waals surface area contributed by atoms with Crippen molar-refractivity contribution in [3.8, 4) is 0 Å². The van der Waals surface area contributed by atoms with Crippen LogP contribution in [0.1, 0.15) is 29.8 Å². The highest BCUT2D eigenvalue weighted by atomic mass is 19.2. The second-order valence-electron chi connectivity index (χ2n) is 3.58. The molecule has 0 bridgehead atoms. The number of aryl methyl sites for hydroxylation is 1. The lowest BCUT2D eigenvalue weighted by Crippen LogP contribution is -2.11. The van der Waals surface area contributed by atoms with E-state index in [4.69, 9.17) is 0 Å². The van der Waals surface area contributed by atoms with E-state index < -0.39 is 11.6 Å². The molecule has 14 heavy (non-hydrogen) atoms. The molecule has 0 heterocycles. The van der Waals surface area contributed by atoms with Gasteiger partial charge in [0.15, 0.2) is 17.4 Å². The number of carbonyl (C=O) groups excluding carboxylic acids is 1. The minimum Gasteiger partial charge on any atom is -0.294 e. The van der Waals surface area contributed by atoms with E-state index in [1.165, 1.54) is 19.1 Å². The molecule has 0 saturated carbocycles. The highest BCUT2D eigenvalue weighted by molar-refractivity contribution is 5.97. The van der Waals surface area contributed by atoms with Gasteiger partial charge in [-0.3, -0.25) is 4.79 Å². The quantitative estimate of drug-likeness (QED) is 0.667. The molecule has 0 aliphatic heterocycles. The van der Waals surface area contributed by atoms with Gasteiger partial charge in [-0.25, -0.2) is 8.78 Å². The number of benzene rings is 1. The first-order valence-electron chi connectivity index (χ1n) is 4.44. The number of ketones is 1. The van der Waals surface area contributed by atoms with Crippen LogP contribution in [0.4, 0.5) is 8.78 Å². The third-order valence-electron chi connectivity index (χ3n) is 2.07. The van der Waals surface area contributed by atoms with Crippen LogP contribution in [-0.2, 0) is 0 Å². The molecule has 3 heteroatoms. The van der Waals surface area contributed by atoms with Crippen LogP contribution in [0.3, 0.4) is 0 Å². The molecule has 1 aromatic carbocycles. The molecule has 0 fully saturated rings. The van der Waals surface area contributed by atoms with Crippen LogP contribution in [0.25, 0.3) is 0 Å². The number of carbonyl (C=O) groups is 1. The summed E-state index contributed by atoms with van der Waals surface area (Å²) < 4.78 is 26.4. The van der Waals surface area contributed by atoms with Crippen LogP contribution in [-0.4, -0.2) is 5.78 Å². The van der Waals surface area contributed by atoms with Crippen molar-refractivity contribution >= 4 is 5.78 Å². The Kier molecular flexibility index (Phi) is 2.99. The minimum atomic E-state index is -1.04. The Bertz CT molecular complexity index is 370. The Morgan fingerprint density at radius 2 is 1.79 bits per heavy atom. The average Bonchev–Trinajstić information content (AvgIpc) is 2.13. The molecule has 0 aliphatic carbocycles. The molecule has 1 nitrogen and oxygen atoms in total. The normalized spacial score (nSPS) is 10.7. The second-order valence-corrected chi connectivity index (χ2v) is 3.58. The van der Waals surface area contributed by atoms with E-state index >= 15 is 0 Å². The summed E-state index contributed by atoms with van der Waals surface area (Å²) in [5, 5.41) is 0. The zero-order valence-electron chi connectivity index (χ0n) is 8.40. The SMILES string of the molecule is Cc1ccc(C(=O)C(C)C)c(F)c1F. The van der Waals surface area contributed by atoms with Crippen molar-refractivity contribution in [1.29, 1.82) is 0 Å². The third kappa shape index (κ3) is 1.81. The molecule has 0 atom stereocenters. The van der Waals surface area contributed by atoms with Crippen molar-refractivity contribution in [3.05, 3.63) is 34.9 Å². The summed E-state index contributed by atoms with van der Waals surface area (Å²) in [6.45, 7) is 4.76. The Morgan fingerprint density at radius 1 is 1.21 bits per heavy atom. The van der Waals surface area contributed by atoms with Gasteiger partial charge in [0.2, 0.25) is 0 Å². The molecule has 0 radical (unpaired) electrons. The van der Waals surface area contributed by atoms with Crippen LogP contribution in [0, 0.1) is 24.5 Å². The summed E-state index contributed by atoms with van der Waals surface area (Å²) in [7, 11) is 0. The predicted molar refractivity (Wildman–Crippen MR) is 50.3 cm³/mol. The van der Waals surface area contributed by atoms with E-state index in [1.54, 1.807) is 13.8 Å². The molecule has 76 valence electrons. The van der Waals surface area contributed by atoms with E-state index in [1.807, 2.05) is 0 Å². The second kappa shape index (κ2) is 3.86. The Balaban J connectivity index is 3.24. The Morgan fingerprint density at radius 3 is 2.29 bits per heavy atom. The van der Waals surface area contributed by atoms with Crippen molar-refractivity contribution in [2.75, 3.05) is 0 Å². The van der Waals surface area contributed by atoms with Crippen LogP contribution in [0.5, 0.6) is 0 Å². The first-order chi connectivity index (χ1) is 6.45. The lowest BCUT2D eigenvalue weighted by atomic mass is 9.99. The predicted octanol–water partition coefficient (Wildman–Crippen LogP) is 3.11. The lowest BCUT2D eigenvalue weighted by Gasteiger charge is -2.07. The highest BCUT2D eigenvalue weighted by Gasteiger charge is 2.18. The maximum absolute atomic E-state index is 13.3. The van der Waals surface area contributed by atoms with Crippen molar-refractivity contribution in [2.45, 2.75) is 20.8 Å². The van der Waals surface area contributed by atoms with Crippen molar-refractivity contribution in [2.24, 2.45) is 5.92 Å². The monoisotopic (exact) mass is 198 g/mol. The highest BCUT2D eigenvalue weighted by Crippen LogP contribution is 2.18. The van der Waals surface area contributed by atoms with Gasteiger partial charge in [0.05, 0.1) is 5.56 Å². The first kappa shape index (κ1) is 10.8. The fourth-order valence-corrected chi connectivity index (χ4v) is 1.15. The smallest absolute Gasteiger partial charge is 0.169 e. The Labute approximate surface area is 81.7 Å². The van der Waals surface area contributed by atoms with Gasteiger partial charge in [-0.15, -0.1) is 0 Å². The number of rotatable bonds is 2. The molecule has 0 unspecified atom stereocenters. The van der Waals surface area contributed by atoms with E-state index in [-0.39, 0.29) is 22.8 Å². The third-order valence-corrected chi connectivity index (χ3v) is 2.07. The summed E-state index contributed by atoms with van der Waals surface area (Å²) in [6.07, 6.45) is 0. The molecule has 0 aromatic heterocycles. The first-order valence-corrected chi connectivity index (χ1v) is 4.44. The summed E-state index contributed by atoms with van der Waals surface area (Å²) in [6, 6.07) is 2.74. The molecule has 1 rings (SSSR count). The molecular weight excluding hydrogens is 186 g/mol. The lowest BCUT2D eigenvalue weighted by molar-refractivity contribution is 0.0934. The minimum absolute atomic E-state index is 0.164. The maximum Gasteiger partial charge on any atom is 0.169 e. The summed E-state index contributed by atoms with van der Waals surface area (Å²) in [5.41, 5.74) is 0.0471. The van der Waals surface area contributed by atoms with Gasteiger partial charge in [-0.05, 0) is 18.6 Å². The summed E-state index contributed by atoms with van der Waals surface area (Å²) >= 11 is 0. The van der Waals surface area contributed by atoms with E-state index in [9.17, 15) is 13.6 Å². The molecule has 1 aromatic rings. The zero-order chi connectivity index (χ0) is 10.9. The van der Waals surface area contributed by atoms with Crippen LogP contribution >= 0.6 is 0 Å². The van der Waals surface area contributed by atoms with Gasteiger partial charge < -0.3 is 0 Å². The van der Waals surface area contributed by atoms with Gasteiger partial charge >= 0.3 is 0 Å². The van der Waals surface area contributed by atoms with Crippen molar-refractivity contribution in [3.63, 3.8) is 0 Å². The molecule has 0 N–H and O–H groups in total. The fraction of sp³-hybridized carbons (Fsp3) is 0.364. The van der Waals surface area contributed by atoms with Crippen molar-refractivity contribution in [1.82, 2.24) is 0 Å². The van der Waals surface area contributed by atoms with Gasteiger partial charge in [-0.2, -0.15) is 0 Å². The van der Waals surface area contributed by atoms with Gasteiger partial charge in [-0.1, -0.05) is 19.9 Å². The van der Waals surface area contributed by atoms with Crippen LogP contribution < -0.4 is 0 Å². The van der Waals surface area contributed by atoms with Gasteiger partial charge in [0, 0.05) is 5.92 Å². The maximum atomic E-state index is 13.3. The number of halogens is 2. The van der Waals surface area contributed by atoms with Gasteiger partial charge in [0.1, 0.15) is 0 Å². The topological polar surface area (TPSA) is 17.1 Å². The summed E-state index contributed by atoms with van der Waals surface area (Å²) in [4.78, 5) is 11.4. The van der Waals surface area contributed by atoms with Crippen LogP contribution in [0.2, 0.25) is 0 Å². The zero-order valence-corrected chi connectivity index (χ0v) is 8.40. The van der Waals surface area contributed by atoms with Gasteiger partial charge in [0.25, 0.3) is 0 Å². The number of hydrogen-bond donors (Lipinski definition) is 0. The Hall–Kier alpha value is -1.25. The van der Waals surface area contributed by atoms with Crippen molar-refractivity contribution < 1.29 is 13.6 Å². The molecule has 0 saturated heterocycles. The number of Topliss-reactive ketones (excluding diaryl/α,β-unsaturated/α-hetero) is 1. The summed E-state index contributed by atoms with van der Waals surface area (Å²) in [5.74, 6) is -2.67. The molecule has 0 spiro atoms. The van der Waals surface area contributed by atoms with Crippen LogP contribution in [0.15, 0.2) is 12.1 Å². The molecular formula is C11H12F2O. The average molecular weight is 198 g/mol. The standard InChI is InChI=1S/C11H12F2O/c1-6(2)11(14)8-5-4-7(3)9(12)10(8)13/h4-6H,1-3H3. The van der Waals surface area contributed by atoms with E-state index in [0.717, 1.165) is 0 Å². The fourth-order valence-electron chi connectivity index (χ4n) is 1.15. The number of hydrogen-bond acceptors (Lipinski definition) is 1. The molecule has 0 aliphatic rings. The molecule has 0 amide bonds. The van der Waals surface area contributed by atoms with E-state index in [0.29, 0.717) is 0 Å². The van der Waals surface area contributed by atoms with E-state index in [2.05, 4.69) is 0 Å². The largest absolute Gasteiger partial charge is 0.294 e.